The molecule has 0 bridgehead atoms. The van der Waals surface area contributed by atoms with Crippen LogP contribution in [0.25, 0.3) is 5.76 Å². The average molecular weight is 487 g/mol. The van der Waals surface area contributed by atoms with Crippen molar-refractivity contribution in [3.05, 3.63) is 69.2 Å². The second-order valence-electron chi connectivity index (χ2n) is 8.02. The molecule has 1 saturated heterocycles. The molecule has 0 radical (unpaired) electrons. The second-order valence-corrected chi connectivity index (χ2v) is 8.94. The lowest BCUT2D eigenvalue weighted by molar-refractivity contribution is -0.858. The van der Waals surface area contributed by atoms with Crippen molar-refractivity contribution in [3.8, 4) is 5.75 Å². The lowest BCUT2D eigenvalue weighted by atomic mass is 9.94. The Bertz CT molecular complexity index is 1030. The van der Waals surface area contributed by atoms with Gasteiger partial charge in [0.25, 0.3) is 5.91 Å². The van der Waals surface area contributed by atoms with Gasteiger partial charge in [0.15, 0.2) is 0 Å². The van der Waals surface area contributed by atoms with E-state index in [4.69, 9.17) is 4.74 Å². The van der Waals surface area contributed by atoms with Gasteiger partial charge in [-0.1, -0.05) is 39.9 Å². The van der Waals surface area contributed by atoms with Gasteiger partial charge in [0.1, 0.15) is 5.75 Å². The molecule has 7 heteroatoms. The van der Waals surface area contributed by atoms with Gasteiger partial charge in [0.05, 0.1) is 33.8 Å². The molecule has 0 aliphatic carbocycles. The van der Waals surface area contributed by atoms with Gasteiger partial charge in [-0.05, 0) is 47.9 Å². The minimum atomic E-state index is -0.720. The van der Waals surface area contributed by atoms with E-state index >= 15 is 0 Å². The number of benzene rings is 2. The molecule has 1 aliphatic heterocycles. The van der Waals surface area contributed by atoms with Crippen molar-refractivity contribution in [2.45, 2.75) is 19.4 Å². The Morgan fingerprint density at radius 1 is 1.19 bits per heavy atom. The van der Waals surface area contributed by atoms with Crippen LogP contribution in [-0.4, -0.2) is 50.9 Å². The zero-order valence-corrected chi connectivity index (χ0v) is 19.8. The van der Waals surface area contributed by atoms with Crippen molar-refractivity contribution in [2.24, 2.45) is 0 Å². The van der Waals surface area contributed by atoms with Gasteiger partial charge < -0.3 is 19.6 Å². The molecule has 2 aromatic carbocycles. The summed E-state index contributed by atoms with van der Waals surface area (Å²) in [7, 11) is 5.63. The maximum absolute atomic E-state index is 13.5. The maximum Gasteiger partial charge on any atom is 0.295 e. The minimum Gasteiger partial charge on any atom is -0.872 e. The van der Waals surface area contributed by atoms with Gasteiger partial charge >= 0.3 is 0 Å². The first kappa shape index (κ1) is 23.0. The number of amides is 1. The Morgan fingerprint density at radius 2 is 1.94 bits per heavy atom. The van der Waals surface area contributed by atoms with Crippen molar-refractivity contribution in [1.29, 1.82) is 0 Å². The molecular weight excluding hydrogens is 460 g/mol. The Kier molecular flexibility index (Phi) is 7.18. The zero-order valence-electron chi connectivity index (χ0n) is 18.2. The third-order valence-corrected chi connectivity index (χ3v) is 5.94. The number of nitrogens with zero attached hydrogens (tertiary/aromatic N) is 1. The van der Waals surface area contributed by atoms with Crippen LogP contribution >= 0.6 is 15.9 Å². The molecule has 0 saturated carbocycles. The van der Waals surface area contributed by atoms with Crippen LogP contribution in [0.4, 0.5) is 0 Å². The Hall–Kier alpha value is -2.64. The van der Waals surface area contributed by atoms with E-state index in [-0.39, 0.29) is 5.57 Å². The lowest BCUT2D eigenvalue weighted by Crippen LogP contribution is -3.05. The highest BCUT2D eigenvalue weighted by Gasteiger charge is 2.44. The number of Topliss-reactive ketones (excluding diaryl/α,β-unsaturated/α-hetero) is 1. The van der Waals surface area contributed by atoms with Gasteiger partial charge in [0, 0.05) is 23.0 Å². The summed E-state index contributed by atoms with van der Waals surface area (Å²) in [6.45, 7) is 3.05. The third kappa shape index (κ3) is 4.83. The van der Waals surface area contributed by atoms with Gasteiger partial charge in [-0.3, -0.25) is 9.59 Å². The molecule has 1 atom stereocenters. The van der Waals surface area contributed by atoms with Crippen LogP contribution in [0.3, 0.4) is 0 Å². The molecule has 1 amide bonds. The SMILES string of the molecule is COc1ccc(/C([O-])=C2\C(=O)C(=O)N(CCC[NH+](C)C)C2c2cccc(Br)c2)c(C)c1. The van der Waals surface area contributed by atoms with Crippen molar-refractivity contribution in [1.82, 2.24) is 4.90 Å². The first-order valence-corrected chi connectivity index (χ1v) is 11.0. The molecule has 31 heavy (non-hydrogen) atoms. The number of nitrogens with one attached hydrogen (secondary N) is 1. The molecule has 1 unspecified atom stereocenters. The molecule has 1 fully saturated rings. The number of hydrogen-bond acceptors (Lipinski definition) is 4. The first-order valence-electron chi connectivity index (χ1n) is 10.2. The number of methoxy groups -OCH3 is 1. The standard InChI is InChI=1S/C24H27BrN2O4/c1-15-13-18(31-4)9-10-19(15)22(28)20-21(16-7-5-8-17(25)14-16)27(24(30)23(20)29)12-6-11-26(2)3/h5,7-10,13-14,21,28H,6,11-12H2,1-4H3/b22-20+. The second kappa shape index (κ2) is 9.66. The van der Waals surface area contributed by atoms with Crippen LogP contribution in [0.15, 0.2) is 52.5 Å². The van der Waals surface area contributed by atoms with E-state index in [0.29, 0.717) is 23.4 Å². The predicted octanol–water partition coefficient (Wildman–Crippen LogP) is 1.52. The summed E-state index contributed by atoms with van der Waals surface area (Å²) in [5, 5.41) is 13.5. The number of hydrogen-bond donors (Lipinski definition) is 1. The van der Waals surface area contributed by atoms with Crippen LogP contribution in [-0.2, 0) is 9.59 Å². The highest BCUT2D eigenvalue weighted by Crippen LogP contribution is 2.40. The van der Waals surface area contributed by atoms with Gasteiger partial charge in [0.2, 0.25) is 5.78 Å². The third-order valence-electron chi connectivity index (χ3n) is 5.45. The number of likely N-dealkylation sites (tertiary alicyclic amines) is 1. The van der Waals surface area contributed by atoms with Gasteiger partial charge in [-0.25, -0.2) is 0 Å². The van der Waals surface area contributed by atoms with Crippen molar-refractivity contribution in [2.75, 3.05) is 34.3 Å². The summed E-state index contributed by atoms with van der Waals surface area (Å²) in [6, 6.07) is 11.8. The fourth-order valence-corrected chi connectivity index (χ4v) is 4.31. The van der Waals surface area contributed by atoms with Crippen molar-refractivity contribution >= 4 is 33.4 Å². The smallest absolute Gasteiger partial charge is 0.295 e. The van der Waals surface area contributed by atoms with Crippen LogP contribution in [0.1, 0.15) is 29.2 Å². The number of ether oxygens (including phenoxy) is 1. The van der Waals surface area contributed by atoms with Crippen molar-refractivity contribution < 1.29 is 24.3 Å². The number of ketones is 1. The maximum atomic E-state index is 13.5. The number of carbonyl (C=O) groups is 2. The topological polar surface area (TPSA) is 74.1 Å². The predicted molar refractivity (Wildman–Crippen MR) is 121 cm³/mol. The molecule has 2 aromatic rings. The van der Waals surface area contributed by atoms with Crippen LogP contribution in [0.2, 0.25) is 0 Å². The molecule has 6 nitrogen and oxygen atoms in total. The summed E-state index contributed by atoms with van der Waals surface area (Å²) in [5.74, 6) is -1.12. The Labute approximate surface area is 191 Å². The highest BCUT2D eigenvalue weighted by molar-refractivity contribution is 9.10. The van der Waals surface area contributed by atoms with E-state index in [1.165, 1.54) is 4.90 Å². The van der Waals surface area contributed by atoms with E-state index in [1.54, 1.807) is 37.1 Å². The van der Waals surface area contributed by atoms with Crippen LogP contribution in [0, 0.1) is 6.92 Å². The number of quaternary nitrogens is 1. The molecule has 3 rings (SSSR count). The van der Waals surface area contributed by atoms with E-state index < -0.39 is 23.5 Å². The Balaban J connectivity index is 2.12. The van der Waals surface area contributed by atoms with E-state index in [1.807, 2.05) is 38.4 Å². The molecule has 164 valence electrons. The number of aryl methyl sites for hydroxylation is 1. The van der Waals surface area contributed by atoms with E-state index in [0.717, 1.165) is 23.0 Å². The molecule has 1 aliphatic rings. The normalized spacial score (nSPS) is 18.1. The molecule has 0 aromatic heterocycles. The van der Waals surface area contributed by atoms with Crippen LogP contribution < -0.4 is 14.7 Å². The van der Waals surface area contributed by atoms with Gasteiger partial charge in [-0.15, -0.1) is 0 Å². The molecule has 1 heterocycles. The minimum absolute atomic E-state index is 0.00793. The van der Waals surface area contributed by atoms with Crippen LogP contribution in [0.5, 0.6) is 5.75 Å². The summed E-state index contributed by atoms with van der Waals surface area (Å²) in [6.07, 6.45) is 0.731. The van der Waals surface area contributed by atoms with Gasteiger partial charge in [-0.2, -0.15) is 0 Å². The van der Waals surface area contributed by atoms with Crippen molar-refractivity contribution in [3.63, 3.8) is 0 Å². The van der Waals surface area contributed by atoms with E-state index in [2.05, 4.69) is 15.9 Å². The van der Waals surface area contributed by atoms with E-state index in [9.17, 15) is 14.7 Å². The summed E-state index contributed by atoms with van der Waals surface area (Å²) >= 11 is 3.46. The first-order chi connectivity index (χ1) is 14.7. The monoisotopic (exact) mass is 486 g/mol. The fraction of sp³-hybridized carbons (Fsp3) is 0.333. The summed E-state index contributed by atoms with van der Waals surface area (Å²) in [5.41, 5.74) is 1.84. The summed E-state index contributed by atoms with van der Waals surface area (Å²) < 4.78 is 6.04. The zero-order chi connectivity index (χ0) is 22.7. The average Bonchev–Trinajstić information content (AvgIpc) is 2.98. The molecule has 0 spiro atoms. The largest absolute Gasteiger partial charge is 0.872 e. The molecular formula is C24H27BrN2O4. The number of halogens is 1. The summed E-state index contributed by atoms with van der Waals surface area (Å²) in [4.78, 5) is 28.8. The quantitative estimate of drug-likeness (QED) is 0.365. The Morgan fingerprint density at radius 3 is 2.55 bits per heavy atom. The number of carbonyl (C=O) groups excluding carboxylic acids is 2. The fourth-order valence-electron chi connectivity index (χ4n) is 3.89. The highest BCUT2D eigenvalue weighted by atomic mass is 79.9. The number of rotatable bonds is 7. The molecule has 1 N–H and O–H groups in total. The lowest BCUT2D eigenvalue weighted by Gasteiger charge is -2.28.